The number of aliphatic imine (C=N–C) groups is 1. The molecule has 0 saturated heterocycles. The molecule has 28 heavy (non-hydrogen) atoms. The summed E-state index contributed by atoms with van der Waals surface area (Å²) in [6.45, 7) is 2.59. The fraction of sp³-hybridized carbons (Fsp3) is 0.389. The second-order valence-corrected chi connectivity index (χ2v) is 8.98. The maximum atomic E-state index is 13.6. The van der Waals surface area contributed by atoms with Gasteiger partial charge in [-0.05, 0) is 42.5 Å². The summed E-state index contributed by atoms with van der Waals surface area (Å²) in [6.07, 6.45) is 0.897. The van der Waals surface area contributed by atoms with E-state index < -0.39 is 15.8 Å². The van der Waals surface area contributed by atoms with Crippen LogP contribution < -0.4 is 10.0 Å². The quantitative estimate of drug-likeness (QED) is 0.306. The third-order valence-electron chi connectivity index (χ3n) is 3.95. The van der Waals surface area contributed by atoms with Crippen LogP contribution in [0.5, 0.6) is 0 Å². The number of hydrogen-bond acceptors (Lipinski definition) is 4. The predicted molar refractivity (Wildman–Crippen MR) is 126 cm³/mol. The van der Waals surface area contributed by atoms with Crippen LogP contribution in [0.2, 0.25) is 0 Å². The molecule has 0 saturated carbocycles. The van der Waals surface area contributed by atoms with E-state index in [1.54, 1.807) is 31.4 Å². The van der Waals surface area contributed by atoms with Crippen molar-refractivity contribution in [2.24, 2.45) is 4.99 Å². The summed E-state index contributed by atoms with van der Waals surface area (Å²) in [5.41, 5.74) is 0.685. The number of halogens is 2. The highest BCUT2D eigenvalue weighted by Crippen LogP contribution is 2.15. The van der Waals surface area contributed by atoms with Gasteiger partial charge >= 0.3 is 0 Å². The van der Waals surface area contributed by atoms with Crippen LogP contribution >= 0.6 is 35.3 Å². The topological polar surface area (TPSA) is 73.8 Å². The Labute approximate surface area is 187 Å². The summed E-state index contributed by atoms with van der Waals surface area (Å²) in [5, 5.41) is 5.09. The minimum atomic E-state index is -3.59. The maximum absolute atomic E-state index is 13.6. The van der Waals surface area contributed by atoms with E-state index in [0.29, 0.717) is 11.5 Å². The zero-order valence-electron chi connectivity index (χ0n) is 16.1. The van der Waals surface area contributed by atoms with Crippen molar-refractivity contribution in [3.05, 3.63) is 52.0 Å². The van der Waals surface area contributed by atoms with Crippen LogP contribution in [0, 0.1) is 12.7 Å². The number of likely N-dealkylation sites (N-methyl/N-ethyl adjacent to an activating group) is 1. The van der Waals surface area contributed by atoms with Crippen molar-refractivity contribution in [2.45, 2.75) is 13.3 Å². The molecule has 2 aromatic rings. The molecule has 6 nitrogen and oxygen atoms in total. The fourth-order valence-corrected chi connectivity index (χ4v) is 4.06. The van der Waals surface area contributed by atoms with Crippen molar-refractivity contribution < 1.29 is 12.8 Å². The molecule has 0 unspecified atom stereocenters. The number of thiophene rings is 1. The number of aryl methyl sites for hydroxylation is 1. The largest absolute Gasteiger partial charge is 0.355 e. The van der Waals surface area contributed by atoms with Gasteiger partial charge in [-0.2, -0.15) is 0 Å². The molecular weight excluding hydrogens is 514 g/mol. The minimum Gasteiger partial charge on any atom is -0.355 e. The molecule has 1 aromatic heterocycles. The van der Waals surface area contributed by atoms with Crippen molar-refractivity contribution in [3.63, 3.8) is 0 Å². The Morgan fingerprint density at radius 2 is 2.07 bits per heavy atom. The van der Waals surface area contributed by atoms with Crippen LogP contribution in [0.15, 0.2) is 40.7 Å². The van der Waals surface area contributed by atoms with Gasteiger partial charge in [0, 0.05) is 32.1 Å². The van der Waals surface area contributed by atoms with E-state index in [4.69, 9.17) is 0 Å². The zero-order valence-corrected chi connectivity index (χ0v) is 20.1. The summed E-state index contributed by atoms with van der Waals surface area (Å²) in [7, 11) is -0.0265. The molecule has 0 aliphatic carbocycles. The van der Waals surface area contributed by atoms with Crippen LogP contribution in [-0.4, -0.2) is 52.2 Å². The third kappa shape index (κ3) is 7.92. The average Bonchev–Trinajstić information content (AvgIpc) is 3.13. The van der Waals surface area contributed by atoms with Crippen LogP contribution in [0.1, 0.15) is 10.4 Å². The van der Waals surface area contributed by atoms with E-state index in [-0.39, 0.29) is 42.0 Å². The Kier molecular flexibility index (Phi) is 10.2. The Morgan fingerprint density at radius 1 is 1.32 bits per heavy atom. The molecule has 0 spiro atoms. The third-order valence-corrected chi connectivity index (χ3v) is 6.17. The second-order valence-electron chi connectivity index (χ2n) is 6.11. The molecular formula is C18H26FIN4O2S2. The number of guanidine groups is 1. The standard InChI is InChI=1S/C18H25FN4O2S2.HI/c1-14-6-7-15(13-17(14)19)22-27(24,25)12-9-21-18(20-2)23(3)10-8-16-5-4-11-26-16;/h4-7,11,13,22H,8-10,12H2,1-3H3,(H,20,21);1H. The number of nitrogens with one attached hydrogen (secondary N) is 2. The van der Waals surface area contributed by atoms with Crippen LogP contribution in [-0.2, 0) is 16.4 Å². The number of benzene rings is 1. The van der Waals surface area contributed by atoms with Gasteiger partial charge in [-0.1, -0.05) is 12.1 Å². The molecule has 0 radical (unpaired) electrons. The predicted octanol–water partition coefficient (Wildman–Crippen LogP) is 3.31. The van der Waals surface area contributed by atoms with Crippen molar-refractivity contribution in [1.82, 2.24) is 10.2 Å². The smallest absolute Gasteiger partial charge is 0.234 e. The SMILES string of the molecule is CN=C(NCCS(=O)(=O)Nc1ccc(C)c(F)c1)N(C)CCc1cccs1.I. The molecule has 0 aliphatic heterocycles. The van der Waals surface area contributed by atoms with Crippen LogP contribution in [0.4, 0.5) is 10.1 Å². The monoisotopic (exact) mass is 540 g/mol. The van der Waals surface area contributed by atoms with Crippen LogP contribution in [0.25, 0.3) is 0 Å². The Morgan fingerprint density at radius 3 is 2.68 bits per heavy atom. The van der Waals surface area contributed by atoms with Crippen LogP contribution in [0.3, 0.4) is 0 Å². The van der Waals surface area contributed by atoms with E-state index in [1.807, 2.05) is 23.4 Å². The van der Waals surface area contributed by atoms with Gasteiger partial charge in [0.05, 0.1) is 11.4 Å². The summed E-state index contributed by atoms with van der Waals surface area (Å²) >= 11 is 1.71. The lowest BCUT2D eigenvalue weighted by molar-refractivity contribution is 0.488. The van der Waals surface area contributed by atoms with E-state index in [9.17, 15) is 12.8 Å². The molecule has 10 heteroatoms. The van der Waals surface area contributed by atoms with E-state index >= 15 is 0 Å². The molecule has 1 aromatic carbocycles. The molecule has 1 heterocycles. The molecule has 0 fully saturated rings. The lowest BCUT2D eigenvalue weighted by Crippen LogP contribution is -2.42. The molecule has 0 atom stereocenters. The summed E-state index contributed by atoms with van der Waals surface area (Å²) < 4.78 is 40.3. The van der Waals surface area contributed by atoms with Gasteiger partial charge in [-0.15, -0.1) is 35.3 Å². The Bertz CT molecular complexity index is 874. The zero-order chi connectivity index (χ0) is 19.9. The fourth-order valence-electron chi connectivity index (χ4n) is 2.41. The summed E-state index contributed by atoms with van der Waals surface area (Å²) in [4.78, 5) is 7.42. The van der Waals surface area contributed by atoms with Crippen molar-refractivity contribution >= 4 is 57.0 Å². The highest BCUT2D eigenvalue weighted by Gasteiger charge is 2.13. The lowest BCUT2D eigenvalue weighted by atomic mass is 10.2. The summed E-state index contributed by atoms with van der Waals surface area (Å²) in [5.74, 6) is 0.0320. The van der Waals surface area contributed by atoms with E-state index in [2.05, 4.69) is 21.1 Å². The highest BCUT2D eigenvalue weighted by atomic mass is 127. The first-order valence-electron chi connectivity index (χ1n) is 8.51. The number of rotatable bonds is 8. The maximum Gasteiger partial charge on any atom is 0.234 e. The van der Waals surface area contributed by atoms with Gasteiger partial charge < -0.3 is 10.2 Å². The van der Waals surface area contributed by atoms with Gasteiger partial charge in [0.1, 0.15) is 5.82 Å². The molecule has 2 rings (SSSR count). The van der Waals surface area contributed by atoms with Gasteiger partial charge in [-0.3, -0.25) is 9.71 Å². The minimum absolute atomic E-state index is 0. The first-order valence-corrected chi connectivity index (χ1v) is 11.0. The number of sulfonamides is 1. The van der Waals surface area contributed by atoms with E-state index in [1.165, 1.54) is 17.0 Å². The van der Waals surface area contributed by atoms with Crippen molar-refractivity contribution in [2.75, 3.05) is 37.7 Å². The van der Waals surface area contributed by atoms with E-state index in [0.717, 1.165) is 13.0 Å². The van der Waals surface area contributed by atoms with Crippen molar-refractivity contribution in [1.29, 1.82) is 0 Å². The van der Waals surface area contributed by atoms with Crippen molar-refractivity contribution in [3.8, 4) is 0 Å². The average molecular weight is 540 g/mol. The first-order chi connectivity index (χ1) is 12.8. The second kappa shape index (κ2) is 11.6. The van der Waals surface area contributed by atoms with Gasteiger partial charge in [0.2, 0.25) is 10.0 Å². The Balaban J connectivity index is 0.00000392. The lowest BCUT2D eigenvalue weighted by Gasteiger charge is -2.21. The molecule has 0 aliphatic rings. The Hall–Kier alpha value is -1.40. The van der Waals surface area contributed by atoms with Gasteiger partial charge in [0.25, 0.3) is 0 Å². The summed E-state index contributed by atoms with van der Waals surface area (Å²) in [6, 6.07) is 8.36. The number of hydrogen-bond donors (Lipinski definition) is 2. The normalized spacial score (nSPS) is 11.6. The molecule has 2 N–H and O–H groups in total. The number of nitrogens with zero attached hydrogens (tertiary/aromatic N) is 2. The van der Waals surface area contributed by atoms with Gasteiger partial charge in [0.15, 0.2) is 5.96 Å². The molecule has 156 valence electrons. The first kappa shape index (κ1) is 24.6. The highest BCUT2D eigenvalue weighted by molar-refractivity contribution is 14.0. The number of anilines is 1. The molecule has 0 amide bonds. The van der Waals surface area contributed by atoms with Gasteiger partial charge in [-0.25, -0.2) is 12.8 Å². The molecule has 0 bridgehead atoms.